The van der Waals surface area contributed by atoms with E-state index in [0.29, 0.717) is 5.69 Å². The highest BCUT2D eigenvalue weighted by Gasteiger charge is 2.22. The van der Waals surface area contributed by atoms with Gasteiger partial charge >= 0.3 is 0 Å². The van der Waals surface area contributed by atoms with Crippen LogP contribution in [0.2, 0.25) is 0 Å². The van der Waals surface area contributed by atoms with E-state index in [1.165, 1.54) is 0 Å². The zero-order valence-electron chi connectivity index (χ0n) is 18.7. The molecule has 0 bridgehead atoms. The third-order valence-electron chi connectivity index (χ3n) is 5.75. The van der Waals surface area contributed by atoms with Crippen LogP contribution in [0.15, 0.2) is 46.6 Å². The number of benzene rings is 1. The van der Waals surface area contributed by atoms with Crippen molar-refractivity contribution in [1.29, 1.82) is 0 Å². The Labute approximate surface area is 186 Å². The molecule has 0 fully saturated rings. The summed E-state index contributed by atoms with van der Waals surface area (Å²) in [6.45, 7) is 6.84. The number of ether oxygens (including phenoxy) is 1. The number of nitrogens with zero attached hydrogens (tertiary/aromatic N) is 4. The summed E-state index contributed by atoms with van der Waals surface area (Å²) in [5.74, 6) is 0. The molecule has 6 nitrogen and oxygen atoms in total. The van der Waals surface area contributed by atoms with Gasteiger partial charge < -0.3 is 9.30 Å². The van der Waals surface area contributed by atoms with Gasteiger partial charge in [0.2, 0.25) is 0 Å². The molecular formula is C24H28N4O2S. The number of hydrogen-bond donors (Lipinski definition) is 0. The first kappa shape index (κ1) is 21.3. The zero-order valence-corrected chi connectivity index (χ0v) is 19.5. The molecule has 0 aliphatic rings. The van der Waals surface area contributed by atoms with Crippen LogP contribution in [0.5, 0.6) is 0 Å². The molecule has 0 N–H and O–H groups in total. The van der Waals surface area contributed by atoms with Crippen molar-refractivity contribution in [2.75, 3.05) is 13.7 Å². The van der Waals surface area contributed by atoms with E-state index in [0.717, 1.165) is 58.5 Å². The predicted octanol–water partition coefficient (Wildman–Crippen LogP) is 4.59. The first-order valence-corrected chi connectivity index (χ1v) is 11.3. The fourth-order valence-corrected chi connectivity index (χ4v) is 4.94. The summed E-state index contributed by atoms with van der Waals surface area (Å²) in [5.41, 5.74) is 6.51. The average Bonchev–Trinajstić information content (AvgIpc) is 3.40. The van der Waals surface area contributed by atoms with Gasteiger partial charge in [-0.3, -0.25) is 9.48 Å². The number of aryl methyl sites for hydroxylation is 2. The number of thiazole rings is 1. The summed E-state index contributed by atoms with van der Waals surface area (Å²) in [4.78, 5) is 18.3. The largest absolute Gasteiger partial charge is 0.385 e. The van der Waals surface area contributed by atoms with Crippen molar-refractivity contribution in [3.63, 3.8) is 0 Å². The van der Waals surface area contributed by atoms with Crippen LogP contribution in [0.1, 0.15) is 28.5 Å². The normalized spacial score (nSPS) is 11.4. The molecule has 1 aromatic carbocycles. The Kier molecular flexibility index (Phi) is 5.98. The highest BCUT2D eigenvalue weighted by Crippen LogP contribution is 2.31. The number of para-hydroxylation sites is 1. The highest BCUT2D eigenvalue weighted by atomic mass is 32.1. The van der Waals surface area contributed by atoms with Crippen molar-refractivity contribution in [3.8, 4) is 22.6 Å². The molecule has 4 aromatic rings. The monoisotopic (exact) mass is 436 g/mol. The molecule has 0 aliphatic carbocycles. The molecule has 0 unspecified atom stereocenters. The van der Waals surface area contributed by atoms with Crippen LogP contribution in [-0.4, -0.2) is 32.6 Å². The molecule has 0 radical (unpaired) electrons. The maximum Gasteiger partial charge on any atom is 0.295 e. The third-order valence-corrected chi connectivity index (χ3v) is 6.65. The molecule has 162 valence electrons. The smallest absolute Gasteiger partial charge is 0.295 e. The Morgan fingerprint density at radius 1 is 1.10 bits per heavy atom. The van der Waals surface area contributed by atoms with E-state index >= 15 is 0 Å². The van der Waals surface area contributed by atoms with E-state index in [1.54, 1.807) is 23.1 Å². The lowest BCUT2D eigenvalue weighted by Gasteiger charge is -2.08. The second-order valence-electron chi connectivity index (χ2n) is 7.75. The number of rotatable bonds is 7. The fourth-order valence-electron chi connectivity index (χ4n) is 4.10. The number of hydrogen-bond acceptors (Lipinski definition) is 4. The van der Waals surface area contributed by atoms with Gasteiger partial charge in [0.1, 0.15) is 5.69 Å². The molecular weight excluding hydrogens is 408 g/mol. The lowest BCUT2D eigenvalue weighted by Crippen LogP contribution is -2.21. The van der Waals surface area contributed by atoms with Gasteiger partial charge in [-0.05, 0) is 45.4 Å². The van der Waals surface area contributed by atoms with Crippen molar-refractivity contribution in [2.45, 2.75) is 33.6 Å². The summed E-state index contributed by atoms with van der Waals surface area (Å²) >= 11 is 1.68. The fraction of sp³-hybridized carbons (Fsp3) is 0.333. The van der Waals surface area contributed by atoms with Crippen LogP contribution in [0.3, 0.4) is 0 Å². The lowest BCUT2D eigenvalue weighted by molar-refractivity contribution is 0.195. The minimum absolute atomic E-state index is 0.0296. The first-order chi connectivity index (χ1) is 14.9. The molecule has 0 atom stereocenters. The maximum atomic E-state index is 13.5. The van der Waals surface area contributed by atoms with E-state index in [2.05, 4.69) is 22.9 Å². The van der Waals surface area contributed by atoms with Crippen molar-refractivity contribution < 1.29 is 4.74 Å². The van der Waals surface area contributed by atoms with Gasteiger partial charge in [0.25, 0.3) is 5.56 Å². The number of aromatic nitrogens is 4. The first-order valence-electron chi connectivity index (χ1n) is 10.4. The Morgan fingerprint density at radius 3 is 2.55 bits per heavy atom. The molecule has 0 spiro atoms. The van der Waals surface area contributed by atoms with Gasteiger partial charge in [0, 0.05) is 49.5 Å². The summed E-state index contributed by atoms with van der Waals surface area (Å²) in [6.07, 6.45) is 1.88. The summed E-state index contributed by atoms with van der Waals surface area (Å²) in [5, 5.41) is 3.22. The van der Waals surface area contributed by atoms with Gasteiger partial charge in [-0.15, -0.1) is 11.3 Å². The zero-order chi connectivity index (χ0) is 22.1. The molecule has 31 heavy (non-hydrogen) atoms. The van der Waals surface area contributed by atoms with Crippen LogP contribution in [0.4, 0.5) is 0 Å². The molecule has 4 rings (SSSR count). The number of methoxy groups -OCH3 is 1. The molecule has 0 saturated carbocycles. The van der Waals surface area contributed by atoms with Crippen molar-refractivity contribution in [1.82, 2.24) is 18.9 Å². The van der Waals surface area contributed by atoms with E-state index < -0.39 is 0 Å². The molecule has 3 heterocycles. The quantitative estimate of drug-likeness (QED) is 0.398. The molecule has 3 aromatic heterocycles. The van der Waals surface area contributed by atoms with Crippen LogP contribution in [-0.2, 0) is 18.2 Å². The van der Waals surface area contributed by atoms with Crippen molar-refractivity contribution >= 4 is 11.3 Å². The van der Waals surface area contributed by atoms with Gasteiger partial charge in [-0.2, -0.15) is 0 Å². The topological polar surface area (TPSA) is 54.0 Å². The minimum atomic E-state index is -0.0296. The Bertz CT molecular complexity index is 1260. The Morgan fingerprint density at radius 2 is 1.84 bits per heavy atom. The van der Waals surface area contributed by atoms with Crippen LogP contribution in [0.25, 0.3) is 22.6 Å². The van der Waals surface area contributed by atoms with Crippen LogP contribution < -0.4 is 5.56 Å². The Hall–Kier alpha value is -2.90. The van der Waals surface area contributed by atoms with Gasteiger partial charge in [-0.1, -0.05) is 18.2 Å². The van der Waals surface area contributed by atoms with E-state index in [-0.39, 0.29) is 5.56 Å². The SMILES string of the molecule is COCCCc1nc(-c2cc(C)n(-c3c(C)n(C)n(-c4ccccc4)c3=O)c2C)cs1. The highest BCUT2D eigenvalue weighted by molar-refractivity contribution is 7.09. The predicted molar refractivity (Wildman–Crippen MR) is 126 cm³/mol. The molecule has 0 amide bonds. The Balaban J connectivity index is 1.78. The average molecular weight is 437 g/mol. The second-order valence-corrected chi connectivity index (χ2v) is 8.70. The van der Waals surface area contributed by atoms with Crippen LogP contribution in [0, 0.1) is 20.8 Å². The van der Waals surface area contributed by atoms with E-state index in [4.69, 9.17) is 9.72 Å². The standard InChI is InChI=1S/C24H28N4O2S/c1-16-14-20(21-15-31-22(25-21)12-9-13-30-5)17(2)27(16)23-18(3)26(4)28(24(23)29)19-10-7-6-8-11-19/h6-8,10-11,14-15H,9,12-13H2,1-5H3. The third kappa shape index (κ3) is 3.79. The maximum absolute atomic E-state index is 13.5. The molecule has 0 aliphatic heterocycles. The summed E-state index contributed by atoms with van der Waals surface area (Å²) in [6, 6.07) is 11.9. The van der Waals surface area contributed by atoms with Gasteiger partial charge in [0.05, 0.1) is 22.1 Å². The van der Waals surface area contributed by atoms with Crippen molar-refractivity contribution in [3.05, 3.63) is 74.2 Å². The lowest BCUT2D eigenvalue weighted by atomic mass is 10.2. The van der Waals surface area contributed by atoms with Crippen molar-refractivity contribution in [2.24, 2.45) is 7.05 Å². The van der Waals surface area contributed by atoms with Gasteiger partial charge in [-0.25, -0.2) is 9.67 Å². The van der Waals surface area contributed by atoms with E-state index in [9.17, 15) is 4.79 Å². The van der Waals surface area contributed by atoms with Crippen LogP contribution >= 0.6 is 11.3 Å². The van der Waals surface area contributed by atoms with Gasteiger partial charge in [0.15, 0.2) is 0 Å². The van der Waals surface area contributed by atoms with E-state index in [1.807, 2.05) is 55.9 Å². The summed E-state index contributed by atoms with van der Waals surface area (Å²) < 4.78 is 10.9. The summed E-state index contributed by atoms with van der Waals surface area (Å²) in [7, 11) is 3.65. The molecule has 7 heteroatoms. The molecule has 0 saturated heterocycles. The second kappa shape index (κ2) is 8.69. The minimum Gasteiger partial charge on any atom is -0.385 e.